The molecule has 5 aromatic rings. The molecule has 0 saturated carbocycles. The fourth-order valence-electron chi connectivity index (χ4n) is 3.95. The molecule has 0 spiro atoms. The fraction of sp³-hybridized carbons (Fsp3) is 0.125. The van der Waals surface area contributed by atoms with Crippen LogP contribution in [0, 0.1) is 6.92 Å². The van der Waals surface area contributed by atoms with Crippen molar-refractivity contribution >= 4 is 10.9 Å². The summed E-state index contributed by atoms with van der Waals surface area (Å²) in [6, 6.07) is 18.6. The molecule has 0 aliphatic rings. The van der Waals surface area contributed by atoms with Crippen LogP contribution in [0.3, 0.4) is 0 Å². The highest BCUT2D eigenvalue weighted by Crippen LogP contribution is 2.19. The molecule has 0 aliphatic carbocycles. The van der Waals surface area contributed by atoms with Crippen LogP contribution in [0.25, 0.3) is 16.6 Å². The Kier molecular flexibility index (Phi) is 4.63. The van der Waals surface area contributed by atoms with E-state index in [0.29, 0.717) is 34.6 Å². The van der Waals surface area contributed by atoms with Crippen LogP contribution in [-0.2, 0) is 13.1 Å². The Morgan fingerprint density at radius 1 is 0.968 bits per heavy atom. The van der Waals surface area contributed by atoms with Crippen LogP contribution in [-0.4, -0.2) is 18.9 Å². The van der Waals surface area contributed by atoms with Gasteiger partial charge in [-0.15, -0.1) is 0 Å². The fourth-order valence-corrected chi connectivity index (χ4v) is 3.95. The van der Waals surface area contributed by atoms with E-state index in [-0.39, 0.29) is 17.7 Å². The molecule has 0 N–H and O–H groups in total. The van der Waals surface area contributed by atoms with Crippen molar-refractivity contribution in [2.75, 3.05) is 0 Å². The third kappa shape index (κ3) is 3.30. The number of aryl methyl sites for hydroxylation is 1. The third-order valence-corrected chi connectivity index (χ3v) is 5.43. The zero-order valence-corrected chi connectivity index (χ0v) is 16.9. The van der Waals surface area contributed by atoms with E-state index >= 15 is 0 Å². The molecule has 0 aliphatic heterocycles. The van der Waals surface area contributed by atoms with Crippen molar-refractivity contribution in [1.82, 2.24) is 18.9 Å². The van der Waals surface area contributed by atoms with Crippen molar-refractivity contribution in [3.05, 3.63) is 117 Å². The van der Waals surface area contributed by atoms with Crippen molar-refractivity contribution in [2.24, 2.45) is 0 Å². The molecule has 31 heavy (non-hydrogen) atoms. The third-order valence-electron chi connectivity index (χ3n) is 5.43. The molecule has 4 heterocycles. The Bertz CT molecular complexity index is 1460. The number of aromatic nitrogens is 4. The summed E-state index contributed by atoms with van der Waals surface area (Å²) in [5.74, 6) is 0.654. The van der Waals surface area contributed by atoms with Gasteiger partial charge in [-0.25, -0.2) is 4.68 Å². The Labute approximate surface area is 177 Å². The van der Waals surface area contributed by atoms with Gasteiger partial charge < -0.3 is 8.98 Å². The van der Waals surface area contributed by atoms with Crippen LogP contribution in [0.15, 0.2) is 93.3 Å². The first-order valence-corrected chi connectivity index (χ1v) is 9.96. The van der Waals surface area contributed by atoms with Crippen LogP contribution in [0.4, 0.5) is 0 Å². The summed E-state index contributed by atoms with van der Waals surface area (Å²) in [5.41, 5.74) is 2.49. The van der Waals surface area contributed by atoms with E-state index in [9.17, 15) is 9.59 Å². The topological polar surface area (TPSA) is 75.0 Å². The van der Waals surface area contributed by atoms with Gasteiger partial charge in [0.1, 0.15) is 5.76 Å². The standard InChI is InChI=1S/C24H20N4O3/c1-17-23-21(13-22(29)26(17)16-20-10-6-12-31-20)27(15-18-7-3-2-4-8-18)28(24(23)30)19-9-5-11-25-14-19/h2-14H,15-16H2,1H3. The summed E-state index contributed by atoms with van der Waals surface area (Å²) in [6.45, 7) is 2.51. The lowest BCUT2D eigenvalue weighted by Gasteiger charge is -2.13. The Morgan fingerprint density at radius 3 is 2.52 bits per heavy atom. The van der Waals surface area contributed by atoms with Crippen LogP contribution in [0.5, 0.6) is 0 Å². The molecule has 0 unspecified atom stereocenters. The molecule has 0 amide bonds. The largest absolute Gasteiger partial charge is 0.467 e. The van der Waals surface area contributed by atoms with Crippen molar-refractivity contribution in [3.63, 3.8) is 0 Å². The lowest BCUT2D eigenvalue weighted by atomic mass is 10.2. The van der Waals surface area contributed by atoms with Gasteiger partial charge in [-0.05, 0) is 36.8 Å². The second-order valence-electron chi connectivity index (χ2n) is 7.37. The minimum atomic E-state index is -0.190. The molecule has 7 heteroatoms. The number of rotatable bonds is 5. The van der Waals surface area contributed by atoms with E-state index in [2.05, 4.69) is 4.98 Å². The summed E-state index contributed by atoms with van der Waals surface area (Å²) in [4.78, 5) is 30.8. The van der Waals surface area contributed by atoms with Gasteiger partial charge in [-0.3, -0.25) is 19.3 Å². The zero-order valence-electron chi connectivity index (χ0n) is 16.9. The van der Waals surface area contributed by atoms with Crippen LogP contribution < -0.4 is 11.1 Å². The molecular formula is C24H20N4O3. The molecule has 0 fully saturated rings. The Balaban J connectivity index is 1.79. The summed E-state index contributed by atoms with van der Waals surface area (Å²) < 4.78 is 10.4. The number of benzene rings is 1. The average molecular weight is 412 g/mol. The number of hydrogen-bond donors (Lipinski definition) is 0. The minimum absolute atomic E-state index is 0.188. The number of furan rings is 1. The van der Waals surface area contributed by atoms with Crippen molar-refractivity contribution < 1.29 is 4.42 Å². The van der Waals surface area contributed by atoms with Crippen molar-refractivity contribution in [2.45, 2.75) is 20.0 Å². The number of hydrogen-bond acceptors (Lipinski definition) is 4. The van der Waals surface area contributed by atoms with Gasteiger partial charge in [0.2, 0.25) is 0 Å². The maximum atomic E-state index is 13.6. The number of nitrogens with zero attached hydrogens (tertiary/aromatic N) is 4. The van der Waals surface area contributed by atoms with Gasteiger partial charge in [0, 0.05) is 18.0 Å². The lowest BCUT2D eigenvalue weighted by Crippen LogP contribution is -2.23. The Morgan fingerprint density at radius 2 is 1.81 bits per heavy atom. The van der Waals surface area contributed by atoms with Gasteiger partial charge in [-0.2, -0.15) is 0 Å². The molecule has 0 bridgehead atoms. The molecule has 0 saturated heterocycles. The molecule has 1 aromatic carbocycles. The molecular weight excluding hydrogens is 392 g/mol. The molecule has 4 aromatic heterocycles. The van der Waals surface area contributed by atoms with Crippen LogP contribution >= 0.6 is 0 Å². The van der Waals surface area contributed by atoms with Gasteiger partial charge in [-0.1, -0.05) is 30.3 Å². The summed E-state index contributed by atoms with van der Waals surface area (Å²) in [5, 5.41) is 0.506. The quantitative estimate of drug-likeness (QED) is 0.444. The Hall–Kier alpha value is -4.13. The zero-order chi connectivity index (χ0) is 21.4. The first kappa shape index (κ1) is 18.9. The van der Waals surface area contributed by atoms with Crippen molar-refractivity contribution in [1.29, 1.82) is 0 Å². The average Bonchev–Trinajstić information content (AvgIpc) is 3.39. The van der Waals surface area contributed by atoms with Gasteiger partial charge in [0.25, 0.3) is 11.1 Å². The maximum Gasteiger partial charge on any atom is 0.281 e. The lowest BCUT2D eigenvalue weighted by molar-refractivity contribution is 0.487. The van der Waals surface area contributed by atoms with Crippen LogP contribution in [0.1, 0.15) is 17.0 Å². The van der Waals surface area contributed by atoms with E-state index in [1.807, 2.05) is 47.1 Å². The van der Waals surface area contributed by atoms with E-state index < -0.39 is 0 Å². The van der Waals surface area contributed by atoms with E-state index in [4.69, 9.17) is 4.42 Å². The highest BCUT2D eigenvalue weighted by atomic mass is 16.3. The second-order valence-corrected chi connectivity index (χ2v) is 7.37. The molecule has 0 atom stereocenters. The van der Waals surface area contributed by atoms with E-state index in [1.165, 1.54) is 6.07 Å². The summed E-state index contributed by atoms with van der Waals surface area (Å²) in [7, 11) is 0. The molecule has 0 radical (unpaired) electrons. The summed E-state index contributed by atoms with van der Waals surface area (Å²) >= 11 is 0. The number of fused-ring (bicyclic) bond motifs is 1. The highest BCUT2D eigenvalue weighted by molar-refractivity contribution is 5.81. The smallest absolute Gasteiger partial charge is 0.281 e. The van der Waals surface area contributed by atoms with E-state index in [1.54, 1.807) is 47.0 Å². The SMILES string of the molecule is Cc1c2c(=O)n(-c3cccnc3)n(Cc3ccccc3)c2cc(=O)n1Cc1ccco1. The predicted octanol–water partition coefficient (Wildman–Crippen LogP) is 3.35. The van der Waals surface area contributed by atoms with Crippen molar-refractivity contribution in [3.8, 4) is 5.69 Å². The van der Waals surface area contributed by atoms with E-state index in [0.717, 1.165) is 5.56 Å². The highest BCUT2D eigenvalue weighted by Gasteiger charge is 2.20. The molecule has 7 nitrogen and oxygen atoms in total. The molecule has 5 rings (SSSR count). The first-order chi connectivity index (χ1) is 15.1. The van der Waals surface area contributed by atoms with Gasteiger partial charge in [0.05, 0.1) is 42.1 Å². The molecule has 154 valence electrons. The minimum Gasteiger partial charge on any atom is -0.467 e. The maximum absolute atomic E-state index is 13.6. The first-order valence-electron chi connectivity index (χ1n) is 9.96. The van der Waals surface area contributed by atoms with Gasteiger partial charge >= 0.3 is 0 Å². The second kappa shape index (κ2) is 7.60. The summed E-state index contributed by atoms with van der Waals surface area (Å²) in [6.07, 6.45) is 4.88. The van der Waals surface area contributed by atoms with Crippen LogP contribution in [0.2, 0.25) is 0 Å². The normalized spacial score (nSPS) is 11.3. The number of pyridine rings is 2. The predicted molar refractivity (Wildman–Crippen MR) is 118 cm³/mol. The monoisotopic (exact) mass is 412 g/mol. The van der Waals surface area contributed by atoms with Gasteiger partial charge in [0.15, 0.2) is 0 Å².